The average Bonchev–Trinajstić information content (AvgIpc) is 2.98. The Kier molecular flexibility index (Phi) is 6.21. The van der Waals surface area contributed by atoms with Crippen LogP contribution in [0, 0.1) is 0 Å². The summed E-state index contributed by atoms with van der Waals surface area (Å²) in [5, 5.41) is 7.79. The van der Waals surface area contributed by atoms with Gasteiger partial charge in [-0.3, -0.25) is 9.69 Å². The fourth-order valence-electron chi connectivity index (χ4n) is 2.70. The van der Waals surface area contributed by atoms with Crippen molar-refractivity contribution >= 4 is 11.9 Å². The molecule has 0 spiro atoms. The van der Waals surface area contributed by atoms with Gasteiger partial charge in [-0.1, -0.05) is 30.3 Å². The van der Waals surface area contributed by atoms with Crippen molar-refractivity contribution in [3.05, 3.63) is 35.9 Å². The van der Waals surface area contributed by atoms with Crippen LogP contribution in [0.4, 0.5) is 4.79 Å². The number of carbonyl (C=O) groups excluding carboxylic acids is 2. The molecular formula is C16H24N4O2. The molecule has 0 bridgehead atoms. The van der Waals surface area contributed by atoms with Gasteiger partial charge in [-0.15, -0.1) is 0 Å². The van der Waals surface area contributed by atoms with E-state index in [9.17, 15) is 9.59 Å². The standard InChI is InChI=1S/C16H24N4O2/c1-17-16(22)19-11-15(21)18-10-14-8-5-9-20(14)12-13-6-3-2-4-7-13/h2-4,6-7,14H,5,8-12H2,1H3,(H,18,21)(H2,17,19,22). The molecule has 1 heterocycles. The van der Waals surface area contributed by atoms with Crippen molar-refractivity contribution in [2.75, 3.05) is 26.7 Å². The van der Waals surface area contributed by atoms with Crippen LogP contribution in [0.5, 0.6) is 0 Å². The van der Waals surface area contributed by atoms with Gasteiger partial charge < -0.3 is 16.0 Å². The number of hydrogen-bond donors (Lipinski definition) is 3. The summed E-state index contributed by atoms with van der Waals surface area (Å²) in [5.74, 6) is -0.157. The third-order valence-corrected chi connectivity index (χ3v) is 3.90. The molecule has 1 aliphatic heterocycles. The summed E-state index contributed by atoms with van der Waals surface area (Å²) in [6.07, 6.45) is 2.25. The van der Waals surface area contributed by atoms with Crippen molar-refractivity contribution in [3.8, 4) is 0 Å². The molecule has 1 aromatic rings. The van der Waals surface area contributed by atoms with Gasteiger partial charge >= 0.3 is 6.03 Å². The highest BCUT2D eigenvalue weighted by molar-refractivity contribution is 5.83. The third kappa shape index (κ3) is 5.04. The Morgan fingerprint density at radius 1 is 1.23 bits per heavy atom. The van der Waals surface area contributed by atoms with Crippen molar-refractivity contribution in [1.82, 2.24) is 20.9 Å². The molecule has 1 unspecified atom stereocenters. The molecule has 0 saturated carbocycles. The lowest BCUT2D eigenvalue weighted by Crippen LogP contribution is -2.44. The highest BCUT2D eigenvalue weighted by Crippen LogP contribution is 2.19. The van der Waals surface area contributed by atoms with Crippen LogP contribution >= 0.6 is 0 Å². The predicted molar refractivity (Wildman–Crippen MR) is 85.3 cm³/mol. The quantitative estimate of drug-likeness (QED) is 0.724. The van der Waals surface area contributed by atoms with Crippen LogP contribution in [0.25, 0.3) is 0 Å². The summed E-state index contributed by atoms with van der Waals surface area (Å²) >= 11 is 0. The van der Waals surface area contributed by atoms with Gasteiger partial charge in [0.25, 0.3) is 0 Å². The summed E-state index contributed by atoms with van der Waals surface area (Å²) < 4.78 is 0. The monoisotopic (exact) mass is 304 g/mol. The smallest absolute Gasteiger partial charge is 0.314 e. The van der Waals surface area contributed by atoms with Gasteiger partial charge in [0, 0.05) is 26.2 Å². The molecule has 22 heavy (non-hydrogen) atoms. The number of urea groups is 1. The molecule has 3 amide bonds. The zero-order chi connectivity index (χ0) is 15.8. The molecule has 0 aromatic heterocycles. The largest absolute Gasteiger partial charge is 0.353 e. The molecule has 120 valence electrons. The molecule has 1 aromatic carbocycles. The zero-order valence-electron chi connectivity index (χ0n) is 13.0. The first kappa shape index (κ1) is 16.3. The Bertz CT molecular complexity index is 492. The van der Waals surface area contributed by atoms with E-state index in [0.29, 0.717) is 12.6 Å². The molecular weight excluding hydrogens is 280 g/mol. The van der Waals surface area contributed by atoms with Gasteiger partial charge in [0.05, 0.1) is 6.54 Å². The summed E-state index contributed by atoms with van der Waals surface area (Å²) in [4.78, 5) is 25.1. The number of benzene rings is 1. The number of rotatable bonds is 6. The molecule has 2 rings (SSSR count). The number of carbonyl (C=O) groups is 2. The summed E-state index contributed by atoms with van der Waals surface area (Å²) in [6, 6.07) is 10.4. The van der Waals surface area contributed by atoms with Gasteiger partial charge in [-0.05, 0) is 24.9 Å². The Labute approximate surface area is 131 Å². The second kappa shape index (κ2) is 8.38. The van der Waals surface area contributed by atoms with E-state index >= 15 is 0 Å². The van der Waals surface area contributed by atoms with Crippen LogP contribution in [0.3, 0.4) is 0 Å². The first-order valence-corrected chi connectivity index (χ1v) is 7.69. The maximum absolute atomic E-state index is 11.7. The second-order valence-corrected chi connectivity index (χ2v) is 5.49. The van der Waals surface area contributed by atoms with Gasteiger partial charge in [-0.25, -0.2) is 4.79 Å². The Balaban J connectivity index is 1.74. The van der Waals surface area contributed by atoms with E-state index in [1.165, 1.54) is 12.6 Å². The van der Waals surface area contributed by atoms with Gasteiger partial charge in [-0.2, -0.15) is 0 Å². The van der Waals surface area contributed by atoms with Crippen molar-refractivity contribution < 1.29 is 9.59 Å². The Morgan fingerprint density at radius 2 is 2.00 bits per heavy atom. The predicted octanol–water partition coefficient (Wildman–Crippen LogP) is 0.696. The van der Waals surface area contributed by atoms with E-state index in [2.05, 4.69) is 33.0 Å². The van der Waals surface area contributed by atoms with Crippen LogP contribution in [-0.2, 0) is 11.3 Å². The van der Waals surface area contributed by atoms with Crippen molar-refractivity contribution in [2.24, 2.45) is 0 Å². The molecule has 1 aliphatic rings. The molecule has 6 nitrogen and oxygen atoms in total. The van der Waals surface area contributed by atoms with Crippen LogP contribution in [0.15, 0.2) is 30.3 Å². The Hall–Kier alpha value is -2.08. The lowest BCUT2D eigenvalue weighted by Gasteiger charge is -2.24. The minimum Gasteiger partial charge on any atom is -0.353 e. The maximum atomic E-state index is 11.7. The van der Waals surface area contributed by atoms with E-state index in [4.69, 9.17) is 0 Å². The second-order valence-electron chi connectivity index (χ2n) is 5.49. The highest BCUT2D eigenvalue weighted by atomic mass is 16.2. The van der Waals surface area contributed by atoms with Crippen molar-refractivity contribution in [2.45, 2.75) is 25.4 Å². The number of nitrogens with one attached hydrogen (secondary N) is 3. The van der Waals surface area contributed by atoms with Crippen molar-refractivity contribution in [1.29, 1.82) is 0 Å². The first-order chi connectivity index (χ1) is 10.7. The zero-order valence-corrected chi connectivity index (χ0v) is 13.0. The van der Waals surface area contributed by atoms with Crippen LogP contribution < -0.4 is 16.0 Å². The highest BCUT2D eigenvalue weighted by Gasteiger charge is 2.24. The number of nitrogens with zero attached hydrogens (tertiary/aromatic N) is 1. The molecule has 0 radical (unpaired) electrons. The molecule has 6 heteroatoms. The normalized spacial score (nSPS) is 18.0. The van der Waals surface area contributed by atoms with Crippen LogP contribution in [0.1, 0.15) is 18.4 Å². The summed E-state index contributed by atoms with van der Waals surface area (Å²) in [7, 11) is 1.52. The minimum absolute atomic E-state index is 0.00504. The molecule has 1 fully saturated rings. The molecule has 0 aliphatic carbocycles. The lowest BCUT2D eigenvalue weighted by atomic mass is 10.2. The van der Waals surface area contributed by atoms with E-state index < -0.39 is 0 Å². The number of likely N-dealkylation sites (tertiary alicyclic amines) is 1. The maximum Gasteiger partial charge on any atom is 0.314 e. The van der Waals surface area contributed by atoms with E-state index in [-0.39, 0.29) is 18.5 Å². The average molecular weight is 304 g/mol. The van der Waals surface area contributed by atoms with Crippen molar-refractivity contribution in [3.63, 3.8) is 0 Å². The first-order valence-electron chi connectivity index (χ1n) is 7.69. The third-order valence-electron chi connectivity index (χ3n) is 3.90. The van der Waals surface area contributed by atoms with E-state index in [0.717, 1.165) is 25.9 Å². The topological polar surface area (TPSA) is 73.5 Å². The van der Waals surface area contributed by atoms with Gasteiger partial charge in [0.1, 0.15) is 0 Å². The SMILES string of the molecule is CNC(=O)NCC(=O)NCC1CCCN1Cc1ccccc1. The van der Waals surface area contributed by atoms with Crippen LogP contribution in [-0.4, -0.2) is 49.6 Å². The number of amides is 3. The lowest BCUT2D eigenvalue weighted by molar-refractivity contribution is -0.120. The van der Waals surface area contributed by atoms with Gasteiger partial charge in [0.2, 0.25) is 5.91 Å². The minimum atomic E-state index is -0.346. The van der Waals surface area contributed by atoms with E-state index in [1.807, 2.05) is 18.2 Å². The molecule has 3 N–H and O–H groups in total. The van der Waals surface area contributed by atoms with Crippen LogP contribution in [0.2, 0.25) is 0 Å². The molecule has 1 atom stereocenters. The number of hydrogen-bond acceptors (Lipinski definition) is 3. The summed E-state index contributed by atoms with van der Waals surface area (Å²) in [5.41, 5.74) is 1.29. The fourth-order valence-corrected chi connectivity index (χ4v) is 2.70. The van der Waals surface area contributed by atoms with Gasteiger partial charge in [0.15, 0.2) is 0 Å². The Morgan fingerprint density at radius 3 is 2.73 bits per heavy atom. The van der Waals surface area contributed by atoms with E-state index in [1.54, 1.807) is 0 Å². The fraction of sp³-hybridized carbons (Fsp3) is 0.500. The molecule has 1 saturated heterocycles. The summed E-state index contributed by atoms with van der Waals surface area (Å²) in [6.45, 7) is 2.61.